The first-order valence-electron chi connectivity index (χ1n) is 5.46. The fourth-order valence-electron chi connectivity index (χ4n) is 1.28. The van der Waals surface area contributed by atoms with E-state index in [1.54, 1.807) is 11.8 Å². The van der Waals surface area contributed by atoms with Crippen molar-refractivity contribution in [2.75, 3.05) is 26.0 Å². The van der Waals surface area contributed by atoms with E-state index in [2.05, 4.69) is 5.32 Å². The molecule has 6 heteroatoms. The summed E-state index contributed by atoms with van der Waals surface area (Å²) in [6.45, 7) is 0.812. The van der Waals surface area contributed by atoms with E-state index in [1.807, 2.05) is 30.3 Å². The minimum Gasteiger partial charge on any atom is -0.370 e. The Labute approximate surface area is 118 Å². The molecule has 0 spiro atoms. The molecule has 1 aromatic carbocycles. The smallest absolute Gasteiger partial charge is 0.250 e. The Morgan fingerprint density at radius 2 is 2.11 bits per heavy atom. The van der Waals surface area contributed by atoms with Gasteiger partial charge in [0.1, 0.15) is 6.10 Å². The number of methoxy groups -OCH3 is 1. The average molecular weight is 291 g/mol. The summed E-state index contributed by atoms with van der Waals surface area (Å²) in [5.74, 6) is 0.681. The molecule has 1 atom stereocenters. The quantitative estimate of drug-likeness (QED) is 0.587. The molecule has 0 saturated heterocycles. The average Bonchev–Trinajstić information content (AvgIpc) is 2.37. The minimum atomic E-state index is -0.545. The van der Waals surface area contributed by atoms with Gasteiger partial charge < -0.3 is 15.8 Å². The number of rotatable bonds is 7. The molecule has 3 N–H and O–H groups in total. The van der Waals surface area contributed by atoms with Crippen LogP contribution in [0, 0.1) is 0 Å². The lowest BCUT2D eigenvalue weighted by molar-refractivity contribution is -0.130. The molecule has 1 amide bonds. The van der Waals surface area contributed by atoms with Gasteiger partial charge in [-0.05, 0) is 12.1 Å². The summed E-state index contributed by atoms with van der Waals surface area (Å²) in [7, 11) is 1.48. The van der Waals surface area contributed by atoms with Crippen LogP contribution in [0.25, 0.3) is 0 Å². The Morgan fingerprint density at radius 1 is 1.44 bits per heavy atom. The largest absolute Gasteiger partial charge is 0.370 e. The number of halogens is 1. The summed E-state index contributed by atoms with van der Waals surface area (Å²) >= 11 is 1.70. The lowest BCUT2D eigenvalue weighted by atomic mass is 10.3. The molecule has 0 bridgehead atoms. The van der Waals surface area contributed by atoms with Crippen LogP contribution in [0.1, 0.15) is 0 Å². The van der Waals surface area contributed by atoms with Crippen molar-refractivity contribution in [1.82, 2.24) is 5.32 Å². The third-order valence-corrected chi connectivity index (χ3v) is 3.22. The van der Waals surface area contributed by atoms with Crippen molar-refractivity contribution in [1.29, 1.82) is 0 Å². The van der Waals surface area contributed by atoms with Crippen molar-refractivity contribution in [3.8, 4) is 0 Å². The first kappa shape index (κ1) is 17.2. The van der Waals surface area contributed by atoms with E-state index in [0.717, 1.165) is 5.75 Å². The van der Waals surface area contributed by atoms with E-state index in [0.29, 0.717) is 6.54 Å². The Morgan fingerprint density at radius 3 is 2.67 bits per heavy atom. The van der Waals surface area contributed by atoms with E-state index < -0.39 is 6.10 Å². The van der Waals surface area contributed by atoms with Gasteiger partial charge in [0.05, 0.1) is 0 Å². The molecule has 0 heterocycles. The normalized spacial score (nSPS) is 11.4. The molecule has 102 valence electrons. The summed E-state index contributed by atoms with van der Waals surface area (Å²) in [6.07, 6.45) is -0.545. The fourth-order valence-corrected chi connectivity index (χ4v) is 2.07. The summed E-state index contributed by atoms with van der Waals surface area (Å²) in [6, 6.07) is 10.1. The third-order valence-electron chi connectivity index (χ3n) is 2.20. The van der Waals surface area contributed by atoms with Crippen molar-refractivity contribution in [2.24, 2.45) is 5.73 Å². The third kappa shape index (κ3) is 6.26. The molecule has 0 aliphatic carbocycles. The van der Waals surface area contributed by atoms with Crippen molar-refractivity contribution in [3.63, 3.8) is 0 Å². The maximum Gasteiger partial charge on any atom is 0.250 e. The van der Waals surface area contributed by atoms with Gasteiger partial charge in [-0.1, -0.05) is 18.2 Å². The molecule has 0 radical (unpaired) electrons. The van der Waals surface area contributed by atoms with Crippen molar-refractivity contribution in [2.45, 2.75) is 11.0 Å². The highest BCUT2D eigenvalue weighted by molar-refractivity contribution is 7.99. The standard InChI is InChI=1S/C12H18N2O2S.ClH/c1-16-11(9-13)12(15)14-7-8-17-10-5-3-2-4-6-10;/h2-6,11H,7-9,13H2,1H3,(H,14,15);1H. The second kappa shape index (κ2) is 10.2. The number of hydrogen-bond donors (Lipinski definition) is 2. The van der Waals surface area contributed by atoms with Gasteiger partial charge in [-0.25, -0.2) is 0 Å². The predicted octanol–water partition coefficient (Wildman–Crippen LogP) is 1.29. The number of thioether (sulfide) groups is 1. The van der Waals surface area contributed by atoms with Crippen LogP contribution in [0.5, 0.6) is 0 Å². The van der Waals surface area contributed by atoms with Gasteiger partial charge in [-0.2, -0.15) is 0 Å². The molecule has 0 aliphatic rings. The summed E-state index contributed by atoms with van der Waals surface area (Å²) < 4.78 is 4.93. The highest BCUT2D eigenvalue weighted by Gasteiger charge is 2.14. The Balaban J connectivity index is 0.00000289. The van der Waals surface area contributed by atoms with Crippen LogP contribution in [0.4, 0.5) is 0 Å². The number of ether oxygens (including phenoxy) is 1. The van der Waals surface area contributed by atoms with Crippen LogP contribution in [-0.4, -0.2) is 38.0 Å². The van der Waals surface area contributed by atoms with Gasteiger partial charge in [-0.3, -0.25) is 4.79 Å². The zero-order valence-electron chi connectivity index (χ0n) is 10.3. The van der Waals surface area contributed by atoms with Crippen LogP contribution in [0.3, 0.4) is 0 Å². The van der Waals surface area contributed by atoms with E-state index in [9.17, 15) is 4.79 Å². The van der Waals surface area contributed by atoms with Crippen LogP contribution in [0.15, 0.2) is 35.2 Å². The minimum absolute atomic E-state index is 0. The van der Waals surface area contributed by atoms with Crippen molar-refractivity contribution < 1.29 is 9.53 Å². The summed E-state index contributed by atoms with van der Waals surface area (Å²) in [4.78, 5) is 12.7. The number of benzene rings is 1. The lowest BCUT2D eigenvalue weighted by Gasteiger charge is -2.12. The van der Waals surface area contributed by atoms with Crippen LogP contribution in [0.2, 0.25) is 0 Å². The van der Waals surface area contributed by atoms with Gasteiger partial charge in [0, 0.05) is 30.8 Å². The van der Waals surface area contributed by atoms with Crippen LogP contribution >= 0.6 is 24.2 Å². The molecule has 18 heavy (non-hydrogen) atoms. The SMILES string of the molecule is COC(CN)C(=O)NCCSc1ccccc1.Cl. The molecule has 0 aromatic heterocycles. The number of nitrogens with one attached hydrogen (secondary N) is 1. The zero-order valence-corrected chi connectivity index (χ0v) is 11.9. The van der Waals surface area contributed by atoms with Crippen molar-refractivity contribution in [3.05, 3.63) is 30.3 Å². The monoisotopic (exact) mass is 290 g/mol. The van der Waals surface area contributed by atoms with Gasteiger partial charge in [0.25, 0.3) is 0 Å². The molecule has 4 nitrogen and oxygen atoms in total. The fraction of sp³-hybridized carbons (Fsp3) is 0.417. The number of hydrogen-bond acceptors (Lipinski definition) is 4. The molecule has 1 aromatic rings. The molecule has 1 rings (SSSR count). The van der Waals surface area contributed by atoms with Gasteiger partial charge in [0.15, 0.2) is 0 Å². The van der Waals surface area contributed by atoms with Crippen LogP contribution in [-0.2, 0) is 9.53 Å². The summed E-state index contributed by atoms with van der Waals surface area (Å²) in [5, 5.41) is 2.79. The van der Waals surface area contributed by atoms with Crippen LogP contribution < -0.4 is 11.1 Å². The highest BCUT2D eigenvalue weighted by atomic mass is 35.5. The van der Waals surface area contributed by atoms with Gasteiger partial charge in [-0.15, -0.1) is 24.2 Å². The van der Waals surface area contributed by atoms with E-state index >= 15 is 0 Å². The second-order valence-electron chi connectivity index (χ2n) is 3.41. The number of carbonyl (C=O) groups is 1. The first-order valence-corrected chi connectivity index (χ1v) is 6.45. The Kier molecular flexibility index (Phi) is 9.77. The van der Waals surface area contributed by atoms with Crippen molar-refractivity contribution >= 4 is 30.1 Å². The molecule has 0 aliphatic heterocycles. The molecular weight excluding hydrogens is 272 g/mol. The van der Waals surface area contributed by atoms with E-state index in [4.69, 9.17) is 10.5 Å². The molecular formula is C12H19ClN2O2S. The highest BCUT2D eigenvalue weighted by Crippen LogP contribution is 2.15. The maximum atomic E-state index is 11.5. The first-order chi connectivity index (χ1) is 8.27. The second-order valence-corrected chi connectivity index (χ2v) is 4.58. The topological polar surface area (TPSA) is 64.3 Å². The molecule has 1 unspecified atom stereocenters. The maximum absolute atomic E-state index is 11.5. The zero-order chi connectivity index (χ0) is 12.5. The lowest BCUT2D eigenvalue weighted by Crippen LogP contribution is -2.41. The number of nitrogens with two attached hydrogens (primary N) is 1. The summed E-state index contributed by atoms with van der Waals surface area (Å²) in [5.41, 5.74) is 5.39. The van der Waals surface area contributed by atoms with E-state index in [-0.39, 0.29) is 24.9 Å². The Hall–Kier alpha value is -0.750. The number of amides is 1. The predicted molar refractivity (Wildman–Crippen MR) is 77.3 cm³/mol. The van der Waals surface area contributed by atoms with Gasteiger partial charge >= 0.3 is 0 Å². The van der Waals surface area contributed by atoms with Gasteiger partial charge in [0.2, 0.25) is 5.91 Å². The Bertz CT molecular complexity index is 334. The van der Waals surface area contributed by atoms with E-state index in [1.165, 1.54) is 12.0 Å². The molecule has 0 fully saturated rings. The molecule has 0 saturated carbocycles. The number of carbonyl (C=O) groups excluding carboxylic acids is 1.